The van der Waals surface area contributed by atoms with Crippen molar-refractivity contribution in [3.8, 4) is 0 Å². The normalized spacial score (nSPS) is 21.0. The van der Waals surface area contributed by atoms with Crippen LogP contribution >= 0.6 is 11.6 Å². The second-order valence-electron chi connectivity index (χ2n) is 7.80. The van der Waals surface area contributed by atoms with E-state index in [0.717, 1.165) is 25.1 Å². The van der Waals surface area contributed by atoms with Crippen molar-refractivity contribution in [1.82, 2.24) is 10.2 Å². The van der Waals surface area contributed by atoms with E-state index in [1.54, 1.807) is 0 Å². The van der Waals surface area contributed by atoms with Crippen LogP contribution in [0.5, 0.6) is 0 Å². The molecule has 3 atom stereocenters. The Morgan fingerprint density at radius 2 is 2.04 bits per heavy atom. The number of nitrogens with two attached hydrogens (primary N) is 1. The van der Waals surface area contributed by atoms with Gasteiger partial charge in [0.25, 0.3) is 0 Å². The molecule has 0 bridgehead atoms. The summed E-state index contributed by atoms with van der Waals surface area (Å²) in [6.45, 7) is 11.1. The molecule has 0 spiro atoms. The maximum absolute atomic E-state index is 12.4. The van der Waals surface area contributed by atoms with Crippen LogP contribution in [-0.2, 0) is 9.53 Å². The van der Waals surface area contributed by atoms with Gasteiger partial charge in [0.05, 0.1) is 24.3 Å². The molecule has 6 heteroatoms. The van der Waals surface area contributed by atoms with Gasteiger partial charge in [0.1, 0.15) is 0 Å². The van der Waals surface area contributed by atoms with Crippen LogP contribution in [0.15, 0.2) is 24.3 Å². The maximum atomic E-state index is 12.4. The molecule has 1 fully saturated rings. The number of hydrogen-bond acceptors (Lipinski definition) is 4. The molecule has 3 N–H and O–H groups in total. The van der Waals surface area contributed by atoms with Crippen LogP contribution in [0.4, 0.5) is 0 Å². The van der Waals surface area contributed by atoms with Crippen molar-refractivity contribution < 1.29 is 9.53 Å². The van der Waals surface area contributed by atoms with Gasteiger partial charge in [0.15, 0.2) is 0 Å². The van der Waals surface area contributed by atoms with Crippen molar-refractivity contribution in [2.45, 2.75) is 51.8 Å². The standard InChI is InChI=1S/C20H32ClN3O2/c1-5-14(2)18(22)19(25)23-12-17(15-6-8-16(21)9-7-15)24-10-11-26-20(3,4)13-24/h6-9,14,17-18H,5,10-13,22H2,1-4H3,(H,23,25). The van der Waals surface area contributed by atoms with Crippen LogP contribution in [0.25, 0.3) is 0 Å². The molecule has 26 heavy (non-hydrogen) atoms. The summed E-state index contributed by atoms with van der Waals surface area (Å²) in [4.78, 5) is 14.8. The van der Waals surface area contributed by atoms with E-state index in [-0.39, 0.29) is 23.5 Å². The summed E-state index contributed by atoms with van der Waals surface area (Å²) in [5.41, 5.74) is 7.00. The Hall–Kier alpha value is -1.14. The first kappa shape index (κ1) is 21.2. The van der Waals surface area contributed by atoms with E-state index in [0.29, 0.717) is 18.2 Å². The number of halogens is 1. The number of nitrogens with zero attached hydrogens (tertiary/aromatic N) is 1. The van der Waals surface area contributed by atoms with Gasteiger partial charge in [0.2, 0.25) is 5.91 Å². The van der Waals surface area contributed by atoms with Gasteiger partial charge >= 0.3 is 0 Å². The van der Waals surface area contributed by atoms with Crippen molar-refractivity contribution in [3.05, 3.63) is 34.9 Å². The summed E-state index contributed by atoms with van der Waals surface area (Å²) < 4.78 is 5.84. The predicted octanol–water partition coefficient (Wildman–Crippen LogP) is 2.98. The molecule has 1 amide bonds. The van der Waals surface area contributed by atoms with E-state index in [1.165, 1.54) is 0 Å². The predicted molar refractivity (Wildman–Crippen MR) is 106 cm³/mol. The van der Waals surface area contributed by atoms with E-state index in [1.807, 2.05) is 38.1 Å². The lowest BCUT2D eigenvalue weighted by Crippen LogP contribution is -2.52. The molecule has 0 radical (unpaired) electrons. The zero-order chi connectivity index (χ0) is 19.3. The minimum absolute atomic E-state index is 0.0588. The minimum atomic E-state index is -0.480. The van der Waals surface area contributed by atoms with Crippen LogP contribution in [0, 0.1) is 5.92 Å². The number of benzene rings is 1. The molecule has 1 aliphatic heterocycles. The molecular formula is C20H32ClN3O2. The Labute approximate surface area is 162 Å². The molecule has 1 aliphatic rings. The summed E-state index contributed by atoms with van der Waals surface area (Å²) in [7, 11) is 0. The van der Waals surface area contributed by atoms with Gasteiger partial charge in [-0.15, -0.1) is 0 Å². The lowest BCUT2D eigenvalue weighted by molar-refractivity contribution is -0.124. The monoisotopic (exact) mass is 381 g/mol. The molecule has 1 saturated heterocycles. The largest absolute Gasteiger partial charge is 0.373 e. The summed E-state index contributed by atoms with van der Waals surface area (Å²) >= 11 is 6.05. The Morgan fingerprint density at radius 3 is 2.62 bits per heavy atom. The number of morpholine rings is 1. The molecule has 2 rings (SSSR count). The van der Waals surface area contributed by atoms with Gasteiger partial charge in [-0.05, 0) is 37.5 Å². The molecule has 146 valence electrons. The topological polar surface area (TPSA) is 67.6 Å². The van der Waals surface area contributed by atoms with Crippen LogP contribution in [0.3, 0.4) is 0 Å². The zero-order valence-electron chi connectivity index (χ0n) is 16.3. The highest BCUT2D eigenvalue weighted by atomic mass is 35.5. The third kappa shape index (κ3) is 5.68. The fourth-order valence-electron chi connectivity index (χ4n) is 3.29. The lowest BCUT2D eigenvalue weighted by Gasteiger charge is -2.42. The number of rotatable bonds is 7. The van der Waals surface area contributed by atoms with E-state index < -0.39 is 6.04 Å². The van der Waals surface area contributed by atoms with Gasteiger partial charge < -0.3 is 15.8 Å². The van der Waals surface area contributed by atoms with Gasteiger partial charge in [0, 0.05) is 24.7 Å². The first-order valence-electron chi connectivity index (χ1n) is 9.40. The van der Waals surface area contributed by atoms with Crippen LogP contribution in [-0.4, -0.2) is 48.7 Å². The van der Waals surface area contributed by atoms with E-state index in [4.69, 9.17) is 22.1 Å². The summed E-state index contributed by atoms with van der Waals surface area (Å²) in [5.74, 6) is 0.0668. The molecule has 1 aromatic rings. The Bertz CT molecular complexity index is 591. The van der Waals surface area contributed by atoms with E-state index >= 15 is 0 Å². The molecule has 5 nitrogen and oxygen atoms in total. The quantitative estimate of drug-likeness (QED) is 0.761. The summed E-state index contributed by atoms with van der Waals surface area (Å²) in [6, 6.07) is 7.41. The highest BCUT2D eigenvalue weighted by Crippen LogP contribution is 2.27. The first-order chi connectivity index (χ1) is 12.2. The summed E-state index contributed by atoms with van der Waals surface area (Å²) in [6.07, 6.45) is 0.882. The number of carbonyl (C=O) groups is 1. The van der Waals surface area contributed by atoms with Crippen LogP contribution < -0.4 is 11.1 Å². The van der Waals surface area contributed by atoms with E-state index in [9.17, 15) is 4.79 Å². The second kappa shape index (κ2) is 9.18. The number of amides is 1. The van der Waals surface area contributed by atoms with Crippen LogP contribution in [0.1, 0.15) is 45.7 Å². The highest BCUT2D eigenvalue weighted by Gasteiger charge is 2.32. The van der Waals surface area contributed by atoms with Gasteiger partial charge in [-0.3, -0.25) is 9.69 Å². The van der Waals surface area contributed by atoms with E-state index in [2.05, 4.69) is 24.1 Å². The zero-order valence-corrected chi connectivity index (χ0v) is 17.1. The molecule has 0 aliphatic carbocycles. The van der Waals surface area contributed by atoms with Crippen molar-refractivity contribution in [2.24, 2.45) is 11.7 Å². The molecule has 1 aromatic carbocycles. The molecular weight excluding hydrogens is 350 g/mol. The summed E-state index contributed by atoms with van der Waals surface area (Å²) in [5, 5.41) is 3.76. The van der Waals surface area contributed by atoms with Crippen LogP contribution in [0.2, 0.25) is 5.02 Å². The molecule has 0 aromatic heterocycles. The minimum Gasteiger partial charge on any atom is -0.373 e. The number of nitrogens with one attached hydrogen (secondary N) is 1. The SMILES string of the molecule is CCC(C)C(N)C(=O)NCC(c1ccc(Cl)cc1)N1CCOC(C)(C)C1. The molecule has 1 heterocycles. The average Bonchev–Trinajstić information content (AvgIpc) is 2.61. The molecule has 0 saturated carbocycles. The van der Waals surface area contributed by atoms with Gasteiger partial charge in [-0.1, -0.05) is 44.0 Å². The highest BCUT2D eigenvalue weighted by molar-refractivity contribution is 6.30. The number of hydrogen-bond donors (Lipinski definition) is 2. The average molecular weight is 382 g/mol. The maximum Gasteiger partial charge on any atom is 0.237 e. The number of ether oxygens (including phenoxy) is 1. The van der Waals surface area contributed by atoms with Crippen molar-refractivity contribution in [1.29, 1.82) is 0 Å². The smallest absolute Gasteiger partial charge is 0.237 e. The Kier molecular flexibility index (Phi) is 7.47. The van der Waals surface area contributed by atoms with Gasteiger partial charge in [-0.25, -0.2) is 0 Å². The second-order valence-corrected chi connectivity index (χ2v) is 8.24. The van der Waals surface area contributed by atoms with Gasteiger partial charge in [-0.2, -0.15) is 0 Å². The number of carbonyl (C=O) groups excluding carboxylic acids is 1. The van der Waals surface area contributed by atoms with Crippen molar-refractivity contribution in [3.63, 3.8) is 0 Å². The van der Waals surface area contributed by atoms with Crippen molar-refractivity contribution >= 4 is 17.5 Å². The van der Waals surface area contributed by atoms with Crippen molar-refractivity contribution in [2.75, 3.05) is 26.2 Å². The fourth-order valence-corrected chi connectivity index (χ4v) is 3.42. The third-order valence-corrected chi connectivity index (χ3v) is 5.43. The Morgan fingerprint density at radius 1 is 1.38 bits per heavy atom. The molecule has 3 unspecified atom stereocenters. The Balaban J connectivity index is 2.13. The third-order valence-electron chi connectivity index (χ3n) is 5.18. The first-order valence-corrected chi connectivity index (χ1v) is 9.78. The fraction of sp³-hybridized carbons (Fsp3) is 0.650. The lowest BCUT2D eigenvalue weighted by atomic mass is 9.98.